The predicted octanol–water partition coefficient (Wildman–Crippen LogP) is 7.61. The van der Waals surface area contributed by atoms with E-state index >= 15 is 0 Å². The van der Waals surface area contributed by atoms with Crippen molar-refractivity contribution in [2.24, 2.45) is 0 Å². The fourth-order valence-corrected chi connectivity index (χ4v) is 5.84. The van der Waals surface area contributed by atoms with Gasteiger partial charge in [-0.1, -0.05) is 18.2 Å². The second kappa shape index (κ2) is 11.1. The molecule has 6 rings (SSSR count). The molecule has 0 aliphatic carbocycles. The molecule has 0 radical (unpaired) electrons. The zero-order valence-electron chi connectivity index (χ0n) is 22.9. The Labute approximate surface area is 244 Å². The van der Waals surface area contributed by atoms with Crippen LogP contribution in [0.3, 0.4) is 0 Å². The number of para-hydroxylation sites is 1. The third-order valence-electron chi connectivity index (χ3n) is 7.39. The Morgan fingerprint density at radius 2 is 1.51 bits per heavy atom. The lowest BCUT2D eigenvalue weighted by Crippen LogP contribution is -2.29. The van der Waals surface area contributed by atoms with Gasteiger partial charge in [0.2, 0.25) is 0 Å². The number of aryl methyl sites for hydroxylation is 1. The van der Waals surface area contributed by atoms with Crippen LogP contribution >= 0.6 is 12.2 Å². The van der Waals surface area contributed by atoms with Crippen LogP contribution in [0, 0.1) is 19.7 Å². The van der Waals surface area contributed by atoms with Gasteiger partial charge in [0, 0.05) is 23.3 Å². The van der Waals surface area contributed by atoms with Crippen LogP contribution in [0.4, 0.5) is 10.1 Å². The van der Waals surface area contributed by atoms with Gasteiger partial charge in [0.15, 0.2) is 5.11 Å². The molecule has 41 heavy (non-hydrogen) atoms. The van der Waals surface area contributed by atoms with Gasteiger partial charge in [0.25, 0.3) is 0 Å². The second-order valence-corrected chi connectivity index (χ2v) is 10.3. The summed E-state index contributed by atoms with van der Waals surface area (Å²) in [6, 6.07) is 29.7. The summed E-state index contributed by atoms with van der Waals surface area (Å²) < 4.78 is 28.2. The number of hydrogen-bond acceptors (Lipinski definition) is 4. The van der Waals surface area contributed by atoms with E-state index in [4.69, 9.17) is 21.7 Å². The van der Waals surface area contributed by atoms with E-state index in [0.29, 0.717) is 22.3 Å². The fourth-order valence-electron chi connectivity index (χ4n) is 5.49. The first kappa shape index (κ1) is 26.5. The fraction of sp³-hybridized carbons (Fsp3) is 0.152. The molecule has 1 aliphatic heterocycles. The summed E-state index contributed by atoms with van der Waals surface area (Å²) >= 11 is 5.91. The zero-order valence-corrected chi connectivity index (χ0v) is 23.7. The number of nitrogens with zero attached hydrogens (tertiary/aromatic N) is 3. The second-order valence-electron chi connectivity index (χ2n) is 9.88. The molecule has 2 atom stereocenters. The SMILES string of the molecule is COc1ccc(Oc2ccc(N3C(=S)NC(c4ccccn4)C3c3cc(C)n(-c4ccccc4F)c3C)cc2)cc1. The van der Waals surface area contributed by atoms with E-state index in [1.54, 1.807) is 25.4 Å². The molecule has 0 saturated carbocycles. The smallest absolute Gasteiger partial charge is 0.174 e. The van der Waals surface area contributed by atoms with Gasteiger partial charge in [-0.25, -0.2) is 4.39 Å². The molecule has 1 aliphatic rings. The number of aromatic nitrogens is 2. The van der Waals surface area contributed by atoms with E-state index in [1.165, 1.54) is 6.07 Å². The van der Waals surface area contributed by atoms with Crippen LogP contribution in [0.1, 0.15) is 34.7 Å². The molecule has 6 nitrogen and oxygen atoms in total. The third-order valence-corrected chi connectivity index (χ3v) is 7.70. The molecule has 2 aromatic heterocycles. The van der Waals surface area contributed by atoms with Crippen molar-refractivity contribution in [2.45, 2.75) is 25.9 Å². The highest BCUT2D eigenvalue weighted by molar-refractivity contribution is 7.80. The van der Waals surface area contributed by atoms with Crippen LogP contribution in [-0.4, -0.2) is 21.8 Å². The van der Waals surface area contributed by atoms with Crippen LogP contribution in [0.5, 0.6) is 17.2 Å². The molecule has 8 heteroatoms. The van der Waals surface area contributed by atoms with Crippen molar-refractivity contribution >= 4 is 23.0 Å². The molecule has 3 aromatic carbocycles. The highest BCUT2D eigenvalue weighted by Gasteiger charge is 2.42. The van der Waals surface area contributed by atoms with E-state index in [0.717, 1.165) is 34.1 Å². The van der Waals surface area contributed by atoms with Crippen molar-refractivity contribution in [3.05, 3.63) is 132 Å². The van der Waals surface area contributed by atoms with Gasteiger partial charge in [-0.15, -0.1) is 0 Å². The first-order chi connectivity index (χ1) is 19.9. The number of pyridine rings is 1. The summed E-state index contributed by atoms with van der Waals surface area (Å²) in [5.41, 5.74) is 5.20. The number of rotatable bonds is 7. The Morgan fingerprint density at radius 3 is 2.17 bits per heavy atom. The monoisotopic (exact) mass is 564 g/mol. The molecule has 2 unspecified atom stereocenters. The van der Waals surface area contributed by atoms with Crippen LogP contribution in [0.2, 0.25) is 0 Å². The molecular formula is C33H29FN4O2S. The van der Waals surface area contributed by atoms with Gasteiger partial charge in [-0.2, -0.15) is 0 Å². The maximum absolute atomic E-state index is 14.9. The number of methoxy groups -OCH3 is 1. The summed E-state index contributed by atoms with van der Waals surface area (Å²) in [4.78, 5) is 6.77. The van der Waals surface area contributed by atoms with Crippen LogP contribution < -0.4 is 19.7 Å². The number of benzene rings is 3. The number of ether oxygens (including phenoxy) is 2. The van der Waals surface area contributed by atoms with Crippen LogP contribution in [-0.2, 0) is 0 Å². The molecule has 1 fully saturated rings. The van der Waals surface area contributed by atoms with E-state index in [9.17, 15) is 4.39 Å². The minimum atomic E-state index is -0.272. The molecule has 1 saturated heterocycles. The summed E-state index contributed by atoms with van der Waals surface area (Å²) in [7, 11) is 1.63. The van der Waals surface area contributed by atoms with Crippen LogP contribution in [0.15, 0.2) is 103 Å². The maximum atomic E-state index is 14.9. The Kier molecular flexibility index (Phi) is 7.15. The van der Waals surface area contributed by atoms with Crippen molar-refractivity contribution in [1.82, 2.24) is 14.9 Å². The van der Waals surface area contributed by atoms with E-state index in [1.807, 2.05) is 91.2 Å². The predicted molar refractivity (Wildman–Crippen MR) is 163 cm³/mol. The van der Waals surface area contributed by atoms with Crippen molar-refractivity contribution < 1.29 is 13.9 Å². The molecule has 1 N–H and O–H groups in total. The lowest BCUT2D eigenvalue weighted by atomic mass is 9.96. The Bertz CT molecular complexity index is 1690. The normalized spacial score (nSPS) is 16.5. The van der Waals surface area contributed by atoms with Crippen LogP contribution in [0.25, 0.3) is 5.69 Å². The van der Waals surface area contributed by atoms with Crippen molar-refractivity contribution in [3.63, 3.8) is 0 Å². The standard InChI is InChI=1S/C33H29FN4O2S/c1-21-20-27(22(2)37(21)30-10-5-4-8-28(30)34)32-31(29-9-6-7-19-35-29)36-33(41)38(32)23-11-13-25(14-12-23)40-26-17-15-24(39-3)16-18-26/h4-20,31-32H,1-3H3,(H,36,41). The highest BCUT2D eigenvalue weighted by Crippen LogP contribution is 2.44. The van der Waals surface area contributed by atoms with Gasteiger partial charge in [0.05, 0.1) is 30.6 Å². The average Bonchev–Trinajstić information content (AvgIpc) is 3.49. The first-order valence-electron chi connectivity index (χ1n) is 13.3. The number of hydrogen-bond donors (Lipinski definition) is 1. The topological polar surface area (TPSA) is 51.6 Å². The Morgan fingerprint density at radius 1 is 0.854 bits per heavy atom. The number of nitrogens with one attached hydrogen (secondary N) is 1. The van der Waals surface area contributed by atoms with E-state index in [-0.39, 0.29) is 17.9 Å². The molecule has 206 valence electrons. The van der Waals surface area contributed by atoms with Gasteiger partial charge in [-0.05, 0) is 110 Å². The Balaban J connectivity index is 1.39. The van der Waals surface area contributed by atoms with Gasteiger partial charge < -0.3 is 24.3 Å². The molecule has 3 heterocycles. The Hall–Kier alpha value is -4.69. The van der Waals surface area contributed by atoms with E-state index in [2.05, 4.69) is 21.3 Å². The number of anilines is 1. The lowest BCUT2D eigenvalue weighted by Gasteiger charge is -2.28. The molecule has 5 aromatic rings. The van der Waals surface area contributed by atoms with E-state index < -0.39 is 0 Å². The minimum absolute atomic E-state index is 0.214. The van der Waals surface area contributed by atoms with Gasteiger partial charge >= 0.3 is 0 Å². The number of halogens is 1. The summed E-state index contributed by atoms with van der Waals surface area (Å²) in [5, 5.41) is 4.10. The van der Waals surface area contributed by atoms with Gasteiger partial charge in [-0.3, -0.25) is 4.98 Å². The zero-order chi connectivity index (χ0) is 28.5. The largest absolute Gasteiger partial charge is 0.497 e. The quantitative estimate of drug-likeness (QED) is 0.205. The first-order valence-corrected chi connectivity index (χ1v) is 13.7. The minimum Gasteiger partial charge on any atom is -0.497 e. The summed E-state index contributed by atoms with van der Waals surface area (Å²) in [6.45, 7) is 4.02. The molecule has 0 spiro atoms. The highest BCUT2D eigenvalue weighted by atomic mass is 32.1. The van der Waals surface area contributed by atoms with Crippen molar-refractivity contribution in [1.29, 1.82) is 0 Å². The van der Waals surface area contributed by atoms with Crippen molar-refractivity contribution in [3.8, 4) is 22.9 Å². The van der Waals surface area contributed by atoms with Gasteiger partial charge in [0.1, 0.15) is 23.1 Å². The average molecular weight is 565 g/mol. The summed E-state index contributed by atoms with van der Waals surface area (Å²) in [5.74, 6) is 1.91. The maximum Gasteiger partial charge on any atom is 0.174 e. The van der Waals surface area contributed by atoms with Crippen molar-refractivity contribution in [2.75, 3.05) is 12.0 Å². The lowest BCUT2D eigenvalue weighted by molar-refractivity contribution is 0.413. The summed E-state index contributed by atoms with van der Waals surface area (Å²) in [6.07, 6.45) is 1.79. The molecular weight excluding hydrogens is 535 g/mol. The molecule has 0 bridgehead atoms. The third kappa shape index (κ3) is 5.02. The molecule has 0 amide bonds. The number of thiocarbonyl (C=S) groups is 1.